The second-order valence-electron chi connectivity index (χ2n) is 5.59. The minimum atomic E-state index is -3.53. The largest absolute Gasteiger partial charge is 0.376 e. The quantitative estimate of drug-likeness (QED) is 0.840. The van der Waals surface area contributed by atoms with Gasteiger partial charge in [0.15, 0.2) is 0 Å². The van der Waals surface area contributed by atoms with E-state index in [4.69, 9.17) is 0 Å². The van der Waals surface area contributed by atoms with Crippen LogP contribution in [0.3, 0.4) is 0 Å². The van der Waals surface area contributed by atoms with Gasteiger partial charge in [0.25, 0.3) is 0 Å². The highest BCUT2D eigenvalue weighted by Gasteiger charge is 2.17. The molecule has 0 fully saturated rings. The summed E-state index contributed by atoms with van der Waals surface area (Å²) in [7, 11) is -0.600. The predicted molar refractivity (Wildman–Crippen MR) is 95.6 cm³/mol. The molecule has 0 aliphatic carbocycles. The monoisotopic (exact) mass is 347 g/mol. The number of aryl methyl sites for hydroxylation is 1. The minimum Gasteiger partial charge on any atom is -0.376 e. The van der Waals surface area contributed by atoms with Crippen molar-refractivity contribution in [1.82, 2.24) is 4.31 Å². The number of rotatable bonds is 6. The van der Waals surface area contributed by atoms with Gasteiger partial charge in [0.2, 0.25) is 15.9 Å². The van der Waals surface area contributed by atoms with E-state index in [1.54, 1.807) is 12.1 Å². The summed E-state index contributed by atoms with van der Waals surface area (Å²) in [6, 6.07) is 13.9. The highest BCUT2D eigenvalue weighted by atomic mass is 32.2. The van der Waals surface area contributed by atoms with Gasteiger partial charge in [-0.1, -0.05) is 18.2 Å². The number of hydrogen-bond donors (Lipinski definition) is 2. The lowest BCUT2D eigenvalue weighted by molar-refractivity contribution is -0.114. The van der Waals surface area contributed by atoms with Gasteiger partial charge in [0.1, 0.15) is 0 Å². The number of benzene rings is 2. The van der Waals surface area contributed by atoms with Crippen LogP contribution in [0, 0.1) is 6.92 Å². The molecule has 0 atom stereocenters. The van der Waals surface area contributed by atoms with Gasteiger partial charge in [-0.25, -0.2) is 12.7 Å². The molecule has 2 aromatic rings. The van der Waals surface area contributed by atoms with E-state index in [0.29, 0.717) is 5.69 Å². The lowest BCUT2D eigenvalue weighted by Crippen LogP contribution is -2.23. The van der Waals surface area contributed by atoms with Crippen molar-refractivity contribution < 1.29 is 13.2 Å². The van der Waals surface area contributed by atoms with Crippen molar-refractivity contribution in [2.75, 3.05) is 31.3 Å². The molecular formula is C17H21N3O3S. The summed E-state index contributed by atoms with van der Waals surface area (Å²) >= 11 is 0. The SMILES string of the molecule is Cc1cccc(NCC(=O)Nc2cccc(S(=O)(=O)N(C)C)c2)c1. The summed E-state index contributed by atoms with van der Waals surface area (Å²) in [6.07, 6.45) is 0. The van der Waals surface area contributed by atoms with E-state index in [0.717, 1.165) is 15.6 Å². The molecule has 0 saturated carbocycles. The van der Waals surface area contributed by atoms with Gasteiger partial charge in [0.05, 0.1) is 11.4 Å². The Labute approximate surface area is 142 Å². The van der Waals surface area contributed by atoms with E-state index in [2.05, 4.69) is 10.6 Å². The topological polar surface area (TPSA) is 78.5 Å². The molecule has 0 saturated heterocycles. The third kappa shape index (κ3) is 4.56. The summed E-state index contributed by atoms with van der Waals surface area (Å²) in [4.78, 5) is 12.2. The van der Waals surface area contributed by atoms with E-state index in [-0.39, 0.29) is 17.3 Å². The molecule has 2 N–H and O–H groups in total. The van der Waals surface area contributed by atoms with Crippen LogP contribution in [0.1, 0.15) is 5.56 Å². The average molecular weight is 347 g/mol. The number of amides is 1. The standard InChI is InChI=1S/C17H21N3O3S/c1-13-6-4-7-14(10-13)18-12-17(21)19-15-8-5-9-16(11-15)24(22,23)20(2)3/h4-11,18H,12H2,1-3H3,(H,19,21). The van der Waals surface area contributed by atoms with Crippen molar-refractivity contribution in [3.8, 4) is 0 Å². The molecule has 0 radical (unpaired) electrons. The van der Waals surface area contributed by atoms with Gasteiger partial charge in [0, 0.05) is 25.5 Å². The molecule has 0 heterocycles. The van der Waals surface area contributed by atoms with Gasteiger partial charge in [-0.3, -0.25) is 4.79 Å². The fraction of sp³-hybridized carbons (Fsp3) is 0.235. The van der Waals surface area contributed by atoms with Crippen LogP contribution in [0.15, 0.2) is 53.4 Å². The van der Waals surface area contributed by atoms with Crippen molar-refractivity contribution in [1.29, 1.82) is 0 Å². The maximum atomic E-state index is 12.1. The molecule has 7 heteroatoms. The molecule has 0 aliphatic rings. The molecule has 2 aromatic carbocycles. The van der Waals surface area contributed by atoms with E-state index in [1.807, 2.05) is 31.2 Å². The molecule has 2 rings (SSSR count). The lowest BCUT2D eigenvalue weighted by Gasteiger charge is -2.13. The third-order valence-electron chi connectivity index (χ3n) is 3.37. The Morgan fingerprint density at radius 3 is 2.38 bits per heavy atom. The Morgan fingerprint density at radius 2 is 1.71 bits per heavy atom. The van der Waals surface area contributed by atoms with E-state index in [9.17, 15) is 13.2 Å². The smallest absolute Gasteiger partial charge is 0.243 e. The first-order valence-electron chi connectivity index (χ1n) is 7.42. The molecule has 0 spiro atoms. The second-order valence-corrected chi connectivity index (χ2v) is 7.74. The van der Waals surface area contributed by atoms with E-state index >= 15 is 0 Å². The highest BCUT2D eigenvalue weighted by Crippen LogP contribution is 2.18. The van der Waals surface area contributed by atoms with Crippen molar-refractivity contribution in [3.63, 3.8) is 0 Å². The summed E-state index contributed by atoms with van der Waals surface area (Å²) in [5.74, 6) is -0.254. The maximum absolute atomic E-state index is 12.1. The van der Waals surface area contributed by atoms with Crippen molar-refractivity contribution in [2.24, 2.45) is 0 Å². The Hall–Kier alpha value is -2.38. The lowest BCUT2D eigenvalue weighted by atomic mass is 10.2. The van der Waals surface area contributed by atoms with Crippen LogP contribution in [0.5, 0.6) is 0 Å². The number of carbonyl (C=O) groups excluding carboxylic acids is 1. The third-order valence-corrected chi connectivity index (χ3v) is 5.18. The van der Waals surface area contributed by atoms with Crippen molar-refractivity contribution >= 4 is 27.3 Å². The van der Waals surface area contributed by atoms with Crippen molar-refractivity contribution in [3.05, 3.63) is 54.1 Å². The molecule has 0 unspecified atom stereocenters. The summed E-state index contributed by atoms with van der Waals surface area (Å²) in [6.45, 7) is 2.07. The first-order chi connectivity index (χ1) is 11.3. The van der Waals surface area contributed by atoms with Gasteiger partial charge < -0.3 is 10.6 Å². The van der Waals surface area contributed by atoms with E-state index in [1.165, 1.54) is 26.2 Å². The number of nitrogens with zero attached hydrogens (tertiary/aromatic N) is 1. The highest BCUT2D eigenvalue weighted by molar-refractivity contribution is 7.89. The van der Waals surface area contributed by atoms with Gasteiger partial charge in [-0.2, -0.15) is 0 Å². The van der Waals surface area contributed by atoms with Gasteiger partial charge >= 0.3 is 0 Å². The Bertz CT molecular complexity index is 832. The number of carbonyl (C=O) groups is 1. The van der Waals surface area contributed by atoms with Crippen LogP contribution < -0.4 is 10.6 Å². The number of sulfonamides is 1. The summed E-state index contributed by atoms with van der Waals surface area (Å²) in [5.41, 5.74) is 2.39. The van der Waals surface area contributed by atoms with Crippen molar-refractivity contribution in [2.45, 2.75) is 11.8 Å². The Balaban J connectivity index is 2.02. The zero-order valence-corrected chi connectivity index (χ0v) is 14.7. The van der Waals surface area contributed by atoms with Crippen LogP contribution in [0.2, 0.25) is 0 Å². The Morgan fingerprint density at radius 1 is 1.04 bits per heavy atom. The fourth-order valence-corrected chi connectivity index (χ4v) is 3.04. The normalized spacial score (nSPS) is 11.3. The first kappa shape index (κ1) is 18.0. The van der Waals surface area contributed by atoms with Gasteiger partial charge in [-0.05, 0) is 42.8 Å². The molecule has 0 aliphatic heterocycles. The summed E-state index contributed by atoms with van der Waals surface area (Å²) in [5, 5.41) is 5.72. The Kier molecular flexibility index (Phi) is 5.58. The molecule has 1 amide bonds. The van der Waals surface area contributed by atoms with Crippen LogP contribution in [-0.4, -0.2) is 39.3 Å². The second kappa shape index (κ2) is 7.46. The van der Waals surface area contributed by atoms with Crippen LogP contribution in [-0.2, 0) is 14.8 Å². The zero-order chi connectivity index (χ0) is 17.7. The molecule has 24 heavy (non-hydrogen) atoms. The number of nitrogens with one attached hydrogen (secondary N) is 2. The number of anilines is 2. The number of hydrogen-bond acceptors (Lipinski definition) is 4. The van der Waals surface area contributed by atoms with Crippen LogP contribution in [0.25, 0.3) is 0 Å². The predicted octanol–water partition coefficient (Wildman–Crippen LogP) is 2.30. The van der Waals surface area contributed by atoms with Crippen LogP contribution >= 0.6 is 0 Å². The average Bonchev–Trinajstić information content (AvgIpc) is 2.53. The maximum Gasteiger partial charge on any atom is 0.243 e. The fourth-order valence-electron chi connectivity index (χ4n) is 2.09. The van der Waals surface area contributed by atoms with Crippen LogP contribution in [0.4, 0.5) is 11.4 Å². The zero-order valence-electron chi connectivity index (χ0n) is 13.9. The first-order valence-corrected chi connectivity index (χ1v) is 8.86. The molecule has 128 valence electrons. The molecular weight excluding hydrogens is 326 g/mol. The minimum absolute atomic E-state index is 0.0914. The molecule has 6 nitrogen and oxygen atoms in total. The molecule has 0 bridgehead atoms. The summed E-state index contributed by atoms with van der Waals surface area (Å²) < 4.78 is 25.4. The van der Waals surface area contributed by atoms with E-state index < -0.39 is 10.0 Å². The van der Waals surface area contributed by atoms with Gasteiger partial charge in [-0.15, -0.1) is 0 Å². The molecule has 0 aromatic heterocycles.